The molecule has 0 atom stereocenters. The summed E-state index contributed by atoms with van der Waals surface area (Å²) in [5, 5.41) is 3.00. The molecule has 1 saturated carbocycles. The van der Waals surface area contributed by atoms with E-state index >= 15 is 0 Å². The van der Waals surface area contributed by atoms with Crippen LogP contribution in [0, 0.1) is 5.92 Å². The summed E-state index contributed by atoms with van der Waals surface area (Å²) < 4.78 is 0. The summed E-state index contributed by atoms with van der Waals surface area (Å²) in [4.78, 5) is 23.1. The maximum Gasteiger partial charge on any atom is 0.225 e. The Bertz CT molecular complexity index is 479. The van der Waals surface area contributed by atoms with Crippen molar-refractivity contribution >= 4 is 11.9 Å². The molecule has 5 nitrogen and oxygen atoms in total. The normalized spacial score (nSPS) is 19.1. The maximum absolute atomic E-state index is 11.9. The van der Waals surface area contributed by atoms with Crippen molar-refractivity contribution in [1.29, 1.82) is 0 Å². The van der Waals surface area contributed by atoms with Crippen LogP contribution in [0.25, 0.3) is 0 Å². The molecule has 3 rings (SSSR count). The Morgan fingerprint density at radius 2 is 2.00 bits per heavy atom. The van der Waals surface area contributed by atoms with Gasteiger partial charge in [0.1, 0.15) is 0 Å². The van der Waals surface area contributed by atoms with E-state index in [2.05, 4.69) is 20.2 Å². The Balaban J connectivity index is 1.50. The Hall–Kier alpha value is -1.65. The molecule has 0 aromatic carbocycles. The highest BCUT2D eigenvalue weighted by atomic mass is 16.1. The number of carbonyl (C=O) groups is 1. The first-order valence-electron chi connectivity index (χ1n) is 8.15. The lowest BCUT2D eigenvalue weighted by Crippen LogP contribution is -2.26. The molecule has 1 aromatic rings. The average molecular weight is 288 g/mol. The van der Waals surface area contributed by atoms with Crippen molar-refractivity contribution in [1.82, 2.24) is 15.3 Å². The molecule has 5 heteroatoms. The first-order valence-corrected chi connectivity index (χ1v) is 8.15. The van der Waals surface area contributed by atoms with Crippen LogP contribution < -0.4 is 10.2 Å². The maximum atomic E-state index is 11.9. The molecule has 2 aliphatic rings. The Morgan fingerprint density at radius 3 is 2.76 bits per heavy atom. The summed E-state index contributed by atoms with van der Waals surface area (Å²) in [7, 11) is 0. The quantitative estimate of drug-likeness (QED) is 0.903. The van der Waals surface area contributed by atoms with Crippen molar-refractivity contribution in [2.45, 2.75) is 51.5 Å². The minimum Gasteiger partial charge on any atom is -0.350 e. The fourth-order valence-electron chi connectivity index (χ4n) is 3.29. The molecular formula is C16H24N4O. The second-order valence-electron chi connectivity index (χ2n) is 6.17. The minimum atomic E-state index is 0.156. The highest BCUT2D eigenvalue weighted by Crippen LogP contribution is 2.27. The number of amides is 1. The van der Waals surface area contributed by atoms with Gasteiger partial charge in [-0.2, -0.15) is 0 Å². The van der Waals surface area contributed by atoms with Crippen LogP contribution in [0.2, 0.25) is 0 Å². The van der Waals surface area contributed by atoms with Crippen molar-refractivity contribution in [3.63, 3.8) is 0 Å². The molecule has 1 N–H and O–H groups in total. The van der Waals surface area contributed by atoms with Crippen molar-refractivity contribution < 1.29 is 4.79 Å². The van der Waals surface area contributed by atoms with Gasteiger partial charge >= 0.3 is 0 Å². The molecular weight excluding hydrogens is 264 g/mol. The molecule has 21 heavy (non-hydrogen) atoms. The first-order chi connectivity index (χ1) is 10.3. The molecule has 0 unspecified atom stereocenters. The number of anilines is 1. The summed E-state index contributed by atoms with van der Waals surface area (Å²) >= 11 is 0. The highest BCUT2D eigenvalue weighted by molar-refractivity contribution is 5.76. The van der Waals surface area contributed by atoms with Crippen LogP contribution in [0.4, 0.5) is 5.95 Å². The van der Waals surface area contributed by atoms with Crippen molar-refractivity contribution in [3.8, 4) is 0 Å². The highest BCUT2D eigenvalue weighted by Gasteiger charge is 2.18. The zero-order chi connectivity index (χ0) is 14.5. The molecule has 1 saturated heterocycles. The van der Waals surface area contributed by atoms with E-state index in [4.69, 9.17) is 0 Å². The summed E-state index contributed by atoms with van der Waals surface area (Å²) in [6.07, 6.45) is 9.87. The number of nitrogens with one attached hydrogen (secondary N) is 1. The van der Waals surface area contributed by atoms with Crippen molar-refractivity contribution in [2.24, 2.45) is 5.92 Å². The zero-order valence-electron chi connectivity index (χ0n) is 12.6. The van der Waals surface area contributed by atoms with Gasteiger partial charge in [-0.3, -0.25) is 4.79 Å². The van der Waals surface area contributed by atoms with Crippen LogP contribution in [-0.2, 0) is 11.3 Å². The Labute approximate surface area is 126 Å². The van der Waals surface area contributed by atoms with Crippen molar-refractivity contribution in [2.75, 3.05) is 18.0 Å². The van der Waals surface area contributed by atoms with E-state index in [9.17, 15) is 4.79 Å². The van der Waals surface area contributed by atoms with Gasteiger partial charge in [-0.05, 0) is 37.7 Å². The fourth-order valence-corrected chi connectivity index (χ4v) is 3.29. The number of nitrogens with zero attached hydrogens (tertiary/aromatic N) is 3. The minimum absolute atomic E-state index is 0.156. The van der Waals surface area contributed by atoms with Crippen LogP contribution in [-0.4, -0.2) is 29.0 Å². The first kappa shape index (κ1) is 14.3. The van der Waals surface area contributed by atoms with Gasteiger partial charge in [0, 0.05) is 25.7 Å². The van der Waals surface area contributed by atoms with E-state index in [0.717, 1.165) is 24.7 Å². The Kier molecular flexibility index (Phi) is 4.68. The molecule has 0 bridgehead atoms. The van der Waals surface area contributed by atoms with Gasteiger partial charge in [-0.15, -0.1) is 0 Å². The third-order valence-electron chi connectivity index (χ3n) is 4.50. The van der Waals surface area contributed by atoms with E-state index < -0.39 is 0 Å². The van der Waals surface area contributed by atoms with Gasteiger partial charge in [-0.25, -0.2) is 9.97 Å². The van der Waals surface area contributed by atoms with Crippen LogP contribution in [0.15, 0.2) is 12.3 Å². The van der Waals surface area contributed by atoms with Gasteiger partial charge in [0.25, 0.3) is 0 Å². The predicted octanol–water partition coefficient (Wildman–Crippen LogP) is 2.27. The molecule has 1 amide bonds. The molecule has 1 aliphatic heterocycles. The van der Waals surface area contributed by atoms with Crippen LogP contribution in [0.5, 0.6) is 0 Å². The summed E-state index contributed by atoms with van der Waals surface area (Å²) in [5.41, 5.74) is 0.895. The molecule has 1 aromatic heterocycles. The molecule has 114 valence electrons. The summed E-state index contributed by atoms with van der Waals surface area (Å²) in [6, 6.07) is 1.88. The number of hydrogen-bond donors (Lipinski definition) is 1. The standard InChI is InChI=1S/C16H24N4O/c21-15(11-13-5-1-2-6-13)18-12-14-7-8-17-16(19-14)20-9-3-4-10-20/h7-8,13H,1-6,9-12H2,(H,18,21). The largest absolute Gasteiger partial charge is 0.350 e. The molecule has 2 heterocycles. The molecule has 2 fully saturated rings. The van der Waals surface area contributed by atoms with Gasteiger partial charge in [0.15, 0.2) is 0 Å². The number of rotatable bonds is 5. The lowest BCUT2D eigenvalue weighted by atomic mass is 10.0. The smallest absolute Gasteiger partial charge is 0.225 e. The van der Waals surface area contributed by atoms with E-state index in [-0.39, 0.29) is 5.91 Å². The average Bonchev–Trinajstić information content (AvgIpc) is 3.19. The molecule has 0 radical (unpaired) electrons. The molecule has 0 spiro atoms. The monoisotopic (exact) mass is 288 g/mol. The van der Waals surface area contributed by atoms with Crippen molar-refractivity contribution in [3.05, 3.63) is 18.0 Å². The topological polar surface area (TPSA) is 58.1 Å². The van der Waals surface area contributed by atoms with Gasteiger partial charge < -0.3 is 10.2 Å². The molecule has 1 aliphatic carbocycles. The van der Waals surface area contributed by atoms with Gasteiger partial charge in [0.2, 0.25) is 11.9 Å². The lowest BCUT2D eigenvalue weighted by Gasteiger charge is -2.15. The second-order valence-corrected chi connectivity index (χ2v) is 6.17. The zero-order valence-corrected chi connectivity index (χ0v) is 12.6. The number of hydrogen-bond acceptors (Lipinski definition) is 4. The lowest BCUT2D eigenvalue weighted by molar-refractivity contribution is -0.122. The summed E-state index contributed by atoms with van der Waals surface area (Å²) in [5.74, 6) is 1.55. The van der Waals surface area contributed by atoms with Crippen LogP contribution in [0.3, 0.4) is 0 Å². The third-order valence-corrected chi connectivity index (χ3v) is 4.50. The van der Waals surface area contributed by atoms with Crippen LogP contribution in [0.1, 0.15) is 50.6 Å². The van der Waals surface area contributed by atoms with E-state index in [0.29, 0.717) is 18.9 Å². The Morgan fingerprint density at radius 1 is 1.24 bits per heavy atom. The number of aromatic nitrogens is 2. The van der Waals surface area contributed by atoms with E-state index in [1.54, 1.807) is 6.20 Å². The van der Waals surface area contributed by atoms with Gasteiger partial charge in [0.05, 0.1) is 12.2 Å². The fraction of sp³-hybridized carbons (Fsp3) is 0.688. The van der Waals surface area contributed by atoms with E-state index in [1.807, 2.05) is 6.07 Å². The number of carbonyl (C=O) groups excluding carboxylic acids is 1. The third kappa shape index (κ3) is 3.93. The summed E-state index contributed by atoms with van der Waals surface area (Å²) in [6.45, 7) is 2.59. The van der Waals surface area contributed by atoms with E-state index in [1.165, 1.54) is 38.5 Å². The predicted molar refractivity (Wildman–Crippen MR) is 81.9 cm³/mol. The second kappa shape index (κ2) is 6.87. The van der Waals surface area contributed by atoms with Crippen LogP contribution >= 0.6 is 0 Å². The SMILES string of the molecule is O=C(CC1CCCC1)NCc1ccnc(N2CCCC2)n1. The van der Waals surface area contributed by atoms with Gasteiger partial charge in [-0.1, -0.05) is 12.8 Å².